The van der Waals surface area contributed by atoms with Gasteiger partial charge in [0.1, 0.15) is 24.5 Å². The maximum absolute atomic E-state index is 13.4. The van der Waals surface area contributed by atoms with Crippen LogP contribution in [0.5, 0.6) is 5.75 Å². The number of carbonyl (C=O) groups is 3. The fourth-order valence-corrected chi connectivity index (χ4v) is 7.83. The number of ether oxygens (including phenoxy) is 2. The van der Waals surface area contributed by atoms with E-state index in [0.29, 0.717) is 16.0 Å². The van der Waals surface area contributed by atoms with E-state index in [1.807, 2.05) is 0 Å². The topological polar surface area (TPSA) is 205 Å². The standard InChI is InChI=1S/C35H45N5O9S/c1-20-14-23(15-21(2)30(20)44)33(46)36-17-27(42)31(45)32-29(37-28(43)19-40-18-25(38-39-40)22-10-6-4-7-11-22)26(41)16-35(49-32,34(47)48-3)50-24-12-8-5-9-13-24/h5,8-9,12-15,18,22,26-27,29,31-32,41-42,44-45H,4,6-7,10-11,16-17,19H2,1-3H3,(H,36,46)(H,37,43)/t26?,27-,29?,31-,32?,35?/m1/s1. The van der Waals surface area contributed by atoms with E-state index in [-0.39, 0.29) is 30.2 Å². The first kappa shape index (κ1) is 37.2. The number of amides is 2. The van der Waals surface area contributed by atoms with E-state index in [0.717, 1.165) is 43.1 Å². The Bertz CT molecular complexity index is 1630. The second kappa shape index (κ2) is 16.3. The van der Waals surface area contributed by atoms with Crippen LogP contribution < -0.4 is 10.6 Å². The van der Waals surface area contributed by atoms with E-state index in [4.69, 9.17) is 9.47 Å². The van der Waals surface area contributed by atoms with Crippen molar-refractivity contribution in [3.05, 3.63) is 71.0 Å². The molecule has 2 aliphatic rings. The molecule has 3 aromatic rings. The number of hydrogen-bond donors (Lipinski definition) is 6. The molecular formula is C35H45N5O9S. The molecule has 50 heavy (non-hydrogen) atoms. The zero-order valence-corrected chi connectivity index (χ0v) is 29.1. The summed E-state index contributed by atoms with van der Waals surface area (Å²) in [7, 11) is 1.17. The second-order valence-corrected chi connectivity index (χ2v) is 14.3. The number of aromatic nitrogens is 3. The molecule has 2 fully saturated rings. The van der Waals surface area contributed by atoms with Gasteiger partial charge in [0.15, 0.2) is 0 Å². The van der Waals surface area contributed by atoms with Gasteiger partial charge in [0.2, 0.25) is 10.8 Å². The Morgan fingerprint density at radius 2 is 1.78 bits per heavy atom. The number of aryl methyl sites for hydroxylation is 2. The Labute approximate surface area is 294 Å². The highest BCUT2D eigenvalue weighted by atomic mass is 32.2. The zero-order valence-electron chi connectivity index (χ0n) is 28.3. The first-order chi connectivity index (χ1) is 23.9. The molecule has 5 rings (SSSR count). The average molecular weight is 712 g/mol. The molecule has 1 aliphatic carbocycles. The summed E-state index contributed by atoms with van der Waals surface area (Å²) in [5, 5.41) is 57.9. The maximum Gasteiger partial charge on any atom is 0.349 e. The number of esters is 1. The van der Waals surface area contributed by atoms with Gasteiger partial charge in [-0.05, 0) is 62.1 Å². The van der Waals surface area contributed by atoms with Crippen LogP contribution in [-0.2, 0) is 25.6 Å². The van der Waals surface area contributed by atoms with Crippen LogP contribution in [0.25, 0.3) is 0 Å². The van der Waals surface area contributed by atoms with Crippen molar-refractivity contribution in [2.75, 3.05) is 13.7 Å². The van der Waals surface area contributed by atoms with Crippen molar-refractivity contribution in [1.29, 1.82) is 0 Å². The lowest BCUT2D eigenvalue weighted by molar-refractivity contribution is -0.204. The lowest BCUT2D eigenvalue weighted by Gasteiger charge is -2.47. The summed E-state index contributed by atoms with van der Waals surface area (Å²) >= 11 is 0.966. The van der Waals surface area contributed by atoms with Crippen LogP contribution in [0.3, 0.4) is 0 Å². The number of benzene rings is 2. The number of aliphatic hydroxyl groups excluding tert-OH is 3. The SMILES string of the molecule is COC(=O)C1(Sc2ccccc2)CC(O)C(NC(=O)Cn2cc(C3CCCCC3)nn2)C([C@H](O)[C@H](O)CNC(=O)c2cc(C)c(O)c(C)c2)O1. The Morgan fingerprint density at radius 3 is 2.44 bits per heavy atom. The predicted molar refractivity (Wildman–Crippen MR) is 182 cm³/mol. The first-order valence-electron chi connectivity index (χ1n) is 16.7. The Hall–Kier alpha value is -4.02. The molecule has 2 aromatic carbocycles. The molecule has 14 nitrogen and oxygen atoms in total. The first-order valence-corrected chi connectivity index (χ1v) is 17.5. The number of nitrogens with one attached hydrogen (secondary N) is 2. The van der Waals surface area contributed by atoms with Gasteiger partial charge < -0.3 is 40.5 Å². The number of carbonyl (C=O) groups excluding carboxylic acids is 3. The van der Waals surface area contributed by atoms with Gasteiger partial charge >= 0.3 is 5.97 Å². The van der Waals surface area contributed by atoms with E-state index in [2.05, 4.69) is 20.9 Å². The molecule has 1 saturated heterocycles. The number of aromatic hydroxyl groups is 1. The molecule has 6 N–H and O–H groups in total. The van der Waals surface area contributed by atoms with Gasteiger partial charge in [0.25, 0.3) is 5.91 Å². The number of methoxy groups -OCH3 is 1. The third-order valence-corrected chi connectivity index (χ3v) is 10.5. The van der Waals surface area contributed by atoms with Crippen LogP contribution in [0.2, 0.25) is 0 Å². The molecule has 15 heteroatoms. The van der Waals surface area contributed by atoms with Crippen molar-refractivity contribution in [2.24, 2.45) is 0 Å². The highest BCUT2D eigenvalue weighted by Crippen LogP contribution is 2.44. The Kier molecular flexibility index (Phi) is 12.2. The summed E-state index contributed by atoms with van der Waals surface area (Å²) in [5.74, 6) is -1.63. The molecule has 2 amide bonds. The van der Waals surface area contributed by atoms with E-state index in [9.17, 15) is 34.8 Å². The molecule has 1 aromatic heterocycles. The molecule has 2 heterocycles. The lowest BCUT2D eigenvalue weighted by Crippen LogP contribution is -2.67. The minimum atomic E-state index is -1.87. The van der Waals surface area contributed by atoms with E-state index >= 15 is 0 Å². The highest BCUT2D eigenvalue weighted by Gasteiger charge is 2.56. The van der Waals surface area contributed by atoms with Gasteiger partial charge in [-0.2, -0.15) is 0 Å². The summed E-state index contributed by atoms with van der Waals surface area (Å²) in [6, 6.07) is 10.5. The van der Waals surface area contributed by atoms with Crippen molar-refractivity contribution in [1.82, 2.24) is 25.6 Å². The fourth-order valence-electron chi connectivity index (χ4n) is 6.58. The lowest BCUT2D eigenvalue weighted by atomic mass is 9.87. The van der Waals surface area contributed by atoms with Gasteiger partial charge in [0, 0.05) is 35.5 Å². The summed E-state index contributed by atoms with van der Waals surface area (Å²) < 4.78 is 12.8. The van der Waals surface area contributed by atoms with Crippen LogP contribution in [0.15, 0.2) is 53.6 Å². The minimum absolute atomic E-state index is 0.0639. The van der Waals surface area contributed by atoms with Crippen LogP contribution in [-0.4, -0.2) is 102 Å². The molecule has 0 bridgehead atoms. The van der Waals surface area contributed by atoms with Crippen LogP contribution >= 0.6 is 11.8 Å². The molecule has 6 atom stereocenters. The summed E-state index contributed by atoms with van der Waals surface area (Å²) in [4.78, 5) is 38.4. The zero-order chi connectivity index (χ0) is 36.0. The van der Waals surface area contributed by atoms with Crippen LogP contribution in [0.1, 0.15) is 71.6 Å². The number of thioether (sulfide) groups is 1. The van der Waals surface area contributed by atoms with Crippen molar-refractivity contribution < 1.29 is 44.3 Å². The van der Waals surface area contributed by atoms with Gasteiger partial charge in [-0.15, -0.1) is 5.10 Å². The minimum Gasteiger partial charge on any atom is -0.507 e. The number of phenols is 1. The molecule has 0 spiro atoms. The quantitative estimate of drug-likeness (QED) is 0.150. The Morgan fingerprint density at radius 1 is 1.10 bits per heavy atom. The number of nitrogens with zero attached hydrogens (tertiary/aromatic N) is 3. The third-order valence-electron chi connectivity index (χ3n) is 9.26. The van der Waals surface area contributed by atoms with Crippen LogP contribution in [0.4, 0.5) is 0 Å². The predicted octanol–water partition coefficient (Wildman–Crippen LogP) is 2.10. The molecule has 0 radical (unpaired) electrons. The van der Waals surface area contributed by atoms with E-state index in [1.54, 1.807) is 50.4 Å². The summed E-state index contributed by atoms with van der Waals surface area (Å²) in [6.45, 7) is 2.61. The van der Waals surface area contributed by atoms with Crippen molar-refractivity contribution in [3.63, 3.8) is 0 Å². The number of aliphatic hydroxyl groups is 3. The summed E-state index contributed by atoms with van der Waals surface area (Å²) in [5.41, 5.74) is 2.03. The van der Waals surface area contributed by atoms with Gasteiger partial charge in [0.05, 0.1) is 31.1 Å². The highest BCUT2D eigenvalue weighted by molar-refractivity contribution is 8.01. The third kappa shape index (κ3) is 8.64. The molecule has 270 valence electrons. The van der Waals surface area contributed by atoms with Crippen molar-refractivity contribution >= 4 is 29.5 Å². The molecule has 1 aliphatic heterocycles. The van der Waals surface area contributed by atoms with Gasteiger partial charge in [-0.25, -0.2) is 9.48 Å². The van der Waals surface area contributed by atoms with Gasteiger partial charge in [-0.1, -0.05) is 54.4 Å². The normalized spacial score (nSPS) is 23.8. The maximum atomic E-state index is 13.4. The monoisotopic (exact) mass is 711 g/mol. The largest absolute Gasteiger partial charge is 0.507 e. The Balaban J connectivity index is 1.35. The number of hydrogen-bond acceptors (Lipinski definition) is 12. The van der Waals surface area contributed by atoms with Crippen molar-refractivity contribution in [3.8, 4) is 5.75 Å². The smallest absolute Gasteiger partial charge is 0.349 e. The molecule has 1 saturated carbocycles. The number of rotatable bonds is 12. The summed E-state index contributed by atoms with van der Waals surface area (Å²) in [6.07, 6.45) is 0.371. The average Bonchev–Trinajstić information content (AvgIpc) is 3.58. The van der Waals surface area contributed by atoms with E-state index < -0.39 is 59.7 Å². The molecule has 4 unspecified atom stereocenters. The van der Waals surface area contributed by atoms with Crippen LogP contribution in [0, 0.1) is 13.8 Å². The number of phenolic OH excluding ortho intramolecular Hbond substituents is 1. The van der Waals surface area contributed by atoms with Crippen molar-refractivity contribution in [2.45, 2.75) is 105 Å². The van der Waals surface area contributed by atoms with Gasteiger partial charge in [-0.3, -0.25) is 9.59 Å². The molecular weight excluding hydrogens is 666 g/mol. The van der Waals surface area contributed by atoms with E-state index in [1.165, 1.54) is 30.3 Å². The second-order valence-electron chi connectivity index (χ2n) is 13.0. The fraction of sp³-hybridized carbons (Fsp3) is 0.514.